The molecule has 0 aliphatic rings. The largest absolute Gasteiger partial charge is 0.385 e. The van der Waals surface area contributed by atoms with Crippen LogP contribution in [-0.4, -0.2) is 39.0 Å². The van der Waals surface area contributed by atoms with Gasteiger partial charge in [0.05, 0.1) is 13.0 Å². The first kappa shape index (κ1) is 17.2. The molecule has 3 rings (SSSR count). The van der Waals surface area contributed by atoms with Crippen LogP contribution < -0.4 is 5.32 Å². The van der Waals surface area contributed by atoms with Crippen molar-refractivity contribution in [1.82, 2.24) is 24.6 Å². The fourth-order valence-electron chi connectivity index (χ4n) is 2.96. The van der Waals surface area contributed by atoms with E-state index in [0.29, 0.717) is 19.6 Å². The maximum atomic E-state index is 12.3. The molecule has 3 aromatic rings. The van der Waals surface area contributed by atoms with Crippen molar-refractivity contribution >= 4 is 16.8 Å². The van der Waals surface area contributed by atoms with Crippen LogP contribution >= 0.6 is 0 Å². The van der Waals surface area contributed by atoms with Crippen molar-refractivity contribution in [2.24, 2.45) is 7.05 Å². The fraction of sp³-hybridized carbons (Fsp3) is 0.389. The van der Waals surface area contributed by atoms with Gasteiger partial charge in [0.2, 0.25) is 5.91 Å². The number of amides is 1. The van der Waals surface area contributed by atoms with Crippen LogP contribution in [0, 0.1) is 0 Å². The molecule has 0 aliphatic carbocycles. The average molecular weight is 341 g/mol. The molecule has 0 atom stereocenters. The Morgan fingerprint density at radius 1 is 1.32 bits per heavy atom. The molecule has 0 radical (unpaired) electrons. The van der Waals surface area contributed by atoms with E-state index in [2.05, 4.69) is 21.6 Å². The van der Waals surface area contributed by atoms with Crippen LogP contribution in [0.5, 0.6) is 0 Å². The summed E-state index contributed by atoms with van der Waals surface area (Å²) in [5, 5.41) is 12.1. The summed E-state index contributed by atoms with van der Waals surface area (Å²) in [7, 11) is 3.67. The molecule has 0 saturated carbocycles. The molecular weight excluding hydrogens is 318 g/mol. The Morgan fingerprint density at radius 3 is 3.00 bits per heavy atom. The van der Waals surface area contributed by atoms with Crippen LogP contribution in [0.25, 0.3) is 10.9 Å². The molecule has 1 N–H and O–H groups in total. The Kier molecular flexibility index (Phi) is 5.45. The second-order valence-electron chi connectivity index (χ2n) is 6.02. The molecule has 0 fully saturated rings. The van der Waals surface area contributed by atoms with E-state index < -0.39 is 0 Å². The van der Waals surface area contributed by atoms with E-state index in [1.807, 2.05) is 40.6 Å². The first-order chi connectivity index (χ1) is 12.2. The van der Waals surface area contributed by atoms with Gasteiger partial charge in [-0.3, -0.25) is 4.79 Å². The smallest absolute Gasteiger partial charge is 0.224 e. The third-order valence-electron chi connectivity index (χ3n) is 4.22. The Balaban J connectivity index is 1.59. The number of aryl methyl sites for hydroxylation is 2. The molecule has 1 aromatic carbocycles. The molecule has 0 aliphatic heterocycles. The minimum absolute atomic E-state index is 0.0252. The molecule has 2 aromatic heterocycles. The van der Waals surface area contributed by atoms with E-state index >= 15 is 0 Å². The molecule has 0 spiro atoms. The summed E-state index contributed by atoms with van der Waals surface area (Å²) < 4.78 is 9.04. The minimum atomic E-state index is -0.0252. The van der Waals surface area contributed by atoms with Crippen molar-refractivity contribution in [1.29, 1.82) is 0 Å². The van der Waals surface area contributed by atoms with Crippen LogP contribution in [0.1, 0.15) is 17.8 Å². The van der Waals surface area contributed by atoms with Crippen LogP contribution in [-0.2, 0) is 36.1 Å². The summed E-state index contributed by atoms with van der Waals surface area (Å²) in [5.74, 6) is 0.727. The van der Waals surface area contributed by atoms with Gasteiger partial charge in [-0.25, -0.2) is 0 Å². The van der Waals surface area contributed by atoms with Crippen molar-refractivity contribution in [2.45, 2.75) is 25.9 Å². The maximum Gasteiger partial charge on any atom is 0.224 e. The highest BCUT2D eigenvalue weighted by atomic mass is 16.5. The molecule has 2 heterocycles. The Hall–Kier alpha value is -2.67. The van der Waals surface area contributed by atoms with Crippen molar-refractivity contribution in [3.8, 4) is 0 Å². The number of methoxy groups -OCH3 is 1. The van der Waals surface area contributed by atoms with E-state index in [4.69, 9.17) is 4.74 Å². The zero-order valence-electron chi connectivity index (χ0n) is 14.6. The Morgan fingerprint density at radius 2 is 2.16 bits per heavy atom. The summed E-state index contributed by atoms with van der Waals surface area (Å²) in [6, 6.07) is 8.10. The SMILES string of the molecule is COCCCn1cnnc1CNC(=O)Cc1cn(C)c2ccccc12. The third-order valence-corrected chi connectivity index (χ3v) is 4.22. The van der Waals surface area contributed by atoms with Gasteiger partial charge in [0.15, 0.2) is 5.82 Å². The zero-order valence-corrected chi connectivity index (χ0v) is 14.6. The van der Waals surface area contributed by atoms with Crippen molar-refractivity contribution in [2.75, 3.05) is 13.7 Å². The second-order valence-corrected chi connectivity index (χ2v) is 6.02. The number of nitrogens with zero attached hydrogens (tertiary/aromatic N) is 4. The molecule has 0 bridgehead atoms. The third kappa shape index (κ3) is 4.06. The van der Waals surface area contributed by atoms with Crippen LogP contribution in [0.3, 0.4) is 0 Å². The second kappa shape index (κ2) is 7.94. The minimum Gasteiger partial charge on any atom is -0.385 e. The maximum absolute atomic E-state index is 12.3. The first-order valence-corrected chi connectivity index (χ1v) is 8.34. The van der Waals surface area contributed by atoms with Gasteiger partial charge in [-0.15, -0.1) is 10.2 Å². The lowest BCUT2D eigenvalue weighted by atomic mass is 10.1. The number of rotatable bonds is 8. The van der Waals surface area contributed by atoms with Crippen molar-refractivity contribution < 1.29 is 9.53 Å². The summed E-state index contributed by atoms with van der Waals surface area (Å²) in [4.78, 5) is 12.3. The molecule has 7 heteroatoms. The highest BCUT2D eigenvalue weighted by Crippen LogP contribution is 2.20. The van der Waals surface area contributed by atoms with Gasteiger partial charge in [0.1, 0.15) is 6.33 Å². The number of carbonyl (C=O) groups is 1. The predicted molar refractivity (Wildman–Crippen MR) is 95.0 cm³/mol. The first-order valence-electron chi connectivity index (χ1n) is 8.34. The molecular formula is C18H23N5O2. The number of benzene rings is 1. The molecule has 1 amide bonds. The summed E-state index contributed by atoms with van der Waals surface area (Å²) in [6.07, 6.45) is 4.92. The number of hydrogen-bond donors (Lipinski definition) is 1. The highest BCUT2D eigenvalue weighted by molar-refractivity contribution is 5.89. The van der Waals surface area contributed by atoms with Crippen LogP contribution in [0.2, 0.25) is 0 Å². The lowest BCUT2D eigenvalue weighted by Gasteiger charge is -2.07. The number of hydrogen-bond acceptors (Lipinski definition) is 4. The lowest BCUT2D eigenvalue weighted by molar-refractivity contribution is -0.120. The lowest BCUT2D eigenvalue weighted by Crippen LogP contribution is -2.26. The summed E-state index contributed by atoms with van der Waals surface area (Å²) in [6.45, 7) is 1.83. The highest BCUT2D eigenvalue weighted by Gasteiger charge is 2.11. The van der Waals surface area contributed by atoms with E-state index in [9.17, 15) is 4.79 Å². The molecule has 25 heavy (non-hydrogen) atoms. The van der Waals surface area contributed by atoms with Gasteiger partial charge < -0.3 is 19.2 Å². The topological polar surface area (TPSA) is 74.0 Å². The monoisotopic (exact) mass is 341 g/mol. The van der Waals surface area contributed by atoms with Crippen molar-refractivity contribution in [3.05, 3.63) is 48.2 Å². The number of para-hydroxylation sites is 1. The fourth-order valence-corrected chi connectivity index (χ4v) is 2.96. The number of fused-ring (bicyclic) bond motifs is 1. The van der Waals surface area contributed by atoms with E-state index in [1.54, 1.807) is 13.4 Å². The summed E-state index contributed by atoms with van der Waals surface area (Å²) >= 11 is 0. The number of carbonyl (C=O) groups excluding carboxylic acids is 1. The van der Waals surface area contributed by atoms with E-state index in [1.165, 1.54) is 0 Å². The average Bonchev–Trinajstić information content (AvgIpc) is 3.19. The van der Waals surface area contributed by atoms with Crippen LogP contribution in [0.4, 0.5) is 0 Å². The molecule has 0 saturated heterocycles. The standard InChI is InChI=1S/C18H23N5O2/c1-22-12-14(15-6-3-4-7-16(15)22)10-18(24)19-11-17-21-20-13-23(17)8-5-9-25-2/h3-4,6-7,12-13H,5,8-11H2,1-2H3,(H,19,24). The zero-order chi connectivity index (χ0) is 17.6. The van der Waals surface area contributed by atoms with Gasteiger partial charge in [0, 0.05) is 44.4 Å². The number of ether oxygens (including phenoxy) is 1. The van der Waals surface area contributed by atoms with Gasteiger partial charge in [-0.05, 0) is 18.1 Å². The predicted octanol–water partition coefficient (Wildman–Crippen LogP) is 1.67. The van der Waals surface area contributed by atoms with E-state index in [-0.39, 0.29) is 5.91 Å². The van der Waals surface area contributed by atoms with Gasteiger partial charge in [-0.1, -0.05) is 18.2 Å². The number of aromatic nitrogens is 4. The number of nitrogens with one attached hydrogen (secondary N) is 1. The van der Waals surface area contributed by atoms with Crippen LogP contribution in [0.15, 0.2) is 36.8 Å². The van der Waals surface area contributed by atoms with E-state index in [0.717, 1.165) is 35.3 Å². The van der Waals surface area contributed by atoms with Gasteiger partial charge >= 0.3 is 0 Å². The molecule has 0 unspecified atom stereocenters. The summed E-state index contributed by atoms with van der Waals surface area (Å²) in [5.41, 5.74) is 2.15. The Labute approximate surface area is 146 Å². The molecule has 7 nitrogen and oxygen atoms in total. The van der Waals surface area contributed by atoms with Crippen molar-refractivity contribution in [3.63, 3.8) is 0 Å². The molecule has 132 valence electrons. The quantitative estimate of drug-likeness (QED) is 0.633. The van der Waals surface area contributed by atoms with Gasteiger partial charge in [-0.2, -0.15) is 0 Å². The normalized spacial score (nSPS) is 11.1. The Bertz CT molecular complexity index is 852. The van der Waals surface area contributed by atoms with Gasteiger partial charge in [0.25, 0.3) is 0 Å².